The molecule has 23 heavy (non-hydrogen) atoms. The van der Waals surface area contributed by atoms with E-state index in [0.29, 0.717) is 0 Å². The number of pyridine rings is 1. The number of halogens is 3. The molecule has 0 bridgehead atoms. The summed E-state index contributed by atoms with van der Waals surface area (Å²) in [4.78, 5) is 11.8. The number of alkyl halides is 3. The fourth-order valence-corrected chi connectivity index (χ4v) is 2.79. The largest absolute Gasteiger partial charge is 0.420 e. The Morgan fingerprint density at radius 3 is 2.83 bits per heavy atom. The van der Waals surface area contributed by atoms with Crippen LogP contribution in [0.5, 0.6) is 0 Å². The molecule has 3 aromatic heterocycles. The summed E-state index contributed by atoms with van der Waals surface area (Å²) in [5.74, 6) is 0.0110. The van der Waals surface area contributed by atoms with Gasteiger partial charge in [0.15, 0.2) is 11.5 Å². The van der Waals surface area contributed by atoms with Crippen LogP contribution >= 0.6 is 11.3 Å². The molecule has 0 saturated heterocycles. The summed E-state index contributed by atoms with van der Waals surface area (Å²) in [6.45, 7) is 0.00540. The maximum Gasteiger partial charge on any atom is 0.420 e. The molecule has 0 unspecified atom stereocenters. The average Bonchev–Trinajstić information content (AvgIpc) is 3.13. The lowest BCUT2D eigenvalue weighted by atomic mass is 10.2. The summed E-state index contributed by atoms with van der Waals surface area (Å²) in [5.41, 5.74) is -0.247. The zero-order chi connectivity index (χ0) is 16.4. The smallest absolute Gasteiger partial charge is 0.348 e. The molecule has 0 aliphatic rings. The summed E-state index contributed by atoms with van der Waals surface area (Å²) < 4.78 is 39.9. The van der Waals surface area contributed by atoms with Crippen LogP contribution in [0.15, 0.2) is 35.2 Å². The van der Waals surface area contributed by atoms with E-state index < -0.39 is 11.7 Å². The van der Waals surface area contributed by atoms with Gasteiger partial charge in [-0.05, 0) is 34.5 Å². The third kappa shape index (κ3) is 3.34. The van der Waals surface area contributed by atoms with Crippen molar-refractivity contribution in [3.05, 3.63) is 52.1 Å². The fourth-order valence-electron chi connectivity index (χ4n) is 2.12. The fraction of sp³-hybridized carbons (Fsp3) is 0.214. The Kier molecular flexibility index (Phi) is 4.03. The van der Waals surface area contributed by atoms with Gasteiger partial charge in [-0.25, -0.2) is 0 Å². The van der Waals surface area contributed by atoms with E-state index in [1.54, 1.807) is 0 Å². The van der Waals surface area contributed by atoms with Gasteiger partial charge in [-0.1, -0.05) is 0 Å². The van der Waals surface area contributed by atoms with Gasteiger partial charge < -0.3 is 5.32 Å². The molecular formula is C14H11F3N4OS. The molecule has 0 spiro atoms. The predicted molar refractivity (Wildman–Crippen MR) is 77.9 cm³/mol. The minimum absolute atomic E-state index is 0.00540. The highest BCUT2D eigenvalue weighted by Crippen LogP contribution is 2.31. The molecule has 0 aromatic carbocycles. The Hall–Kier alpha value is -2.42. The average molecular weight is 340 g/mol. The number of amides is 1. The zero-order valence-corrected chi connectivity index (χ0v) is 12.5. The van der Waals surface area contributed by atoms with Crippen LogP contribution in [0, 0.1) is 0 Å². The number of hydrogen-bond acceptors (Lipinski definition) is 4. The molecule has 0 atom stereocenters. The van der Waals surface area contributed by atoms with Gasteiger partial charge in [0.1, 0.15) is 5.56 Å². The molecule has 0 radical (unpaired) electrons. The Labute approximate surface area is 132 Å². The van der Waals surface area contributed by atoms with Crippen LogP contribution in [0.3, 0.4) is 0 Å². The van der Waals surface area contributed by atoms with Gasteiger partial charge >= 0.3 is 6.18 Å². The van der Waals surface area contributed by atoms with Crippen LogP contribution in [0.2, 0.25) is 0 Å². The normalized spacial score (nSPS) is 11.8. The number of nitrogens with zero attached hydrogens (tertiary/aromatic N) is 3. The summed E-state index contributed by atoms with van der Waals surface area (Å²) in [7, 11) is 0. The second-order valence-corrected chi connectivity index (χ2v) is 5.59. The van der Waals surface area contributed by atoms with E-state index in [9.17, 15) is 18.0 Å². The molecule has 0 aliphatic carbocycles. The minimum Gasteiger partial charge on any atom is -0.348 e. The highest BCUT2D eigenvalue weighted by molar-refractivity contribution is 7.07. The number of carbonyl (C=O) groups excluding carboxylic acids is 1. The first-order valence-corrected chi connectivity index (χ1v) is 7.57. The van der Waals surface area contributed by atoms with Gasteiger partial charge in [0.25, 0.3) is 0 Å². The first kappa shape index (κ1) is 15.5. The van der Waals surface area contributed by atoms with Crippen LogP contribution in [-0.2, 0) is 23.9 Å². The molecule has 0 aliphatic heterocycles. The highest BCUT2D eigenvalue weighted by atomic mass is 32.1. The van der Waals surface area contributed by atoms with E-state index in [0.717, 1.165) is 11.6 Å². The monoisotopic (exact) mass is 340 g/mol. The SMILES string of the molecule is O=C(Cc1ccsc1)NCc1nnc2c(C(F)(F)F)cccn12. The van der Waals surface area contributed by atoms with Gasteiger partial charge in [0.2, 0.25) is 5.91 Å². The number of rotatable bonds is 4. The van der Waals surface area contributed by atoms with Crippen molar-refractivity contribution in [1.29, 1.82) is 0 Å². The number of fused-ring (bicyclic) bond motifs is 1. The third-order valence-electron chi connectivity index (χ3n) is 3.20. The molecule has 0 saturated carbocycles. The van der Waals surface area contributed by atoms with Crippen LogP contribution in [0.25, 0.3) is 5.65 Å². The molecule has 9 heteroatoms. The minimum atomic E-state index is -4.50. The van der Waals surface area contributed by atoms with E-state index in [1.807, 2.05) is 16.8 Å². The summed E-state index contributed by atoms with van der Waals surface area (Å²) in [5, 5.41) is 13.7. The van der Waals surface area contributed by atoms with Gasteiger partial charge in [-0.15, -0.1) is 10.2 Å². The highest BCUT2D eigenvalue weighted by Gasteiger charge is 2.34. The molecule has 1 amide bonds. The first-order valence-electron chi connectivity index (χ1n) is 6.63. The van der Waals surface area contributed by atoms with Crippen molar-refractivity contribution in [2.45, 2.75) is 19.1 Å². The number of aromatic nitrogens is 3. The van der Waals surface area contributed by atoms with Gasteiger partial charge in [-0.3, -0.25) is 9.20 Å². The molecule has 5 nitrogen and oxygen atoms in total. The number of hydrogen-bond donors (Lipinski definition) is 1. The molecule has 120 valence electrons. The maximum absolute atomic E-state index is 12.9. The van der Waals surface area contributed by atoms with Crippen LogP contribution in [0.4, 0.5) is 13.2 Å². The van der Waals surface area contributed by atoms with Crippen molar-refractivity contribution in [3.8, 4) is 0 Å². The van der Waals surface area contributed by atoms with E-state index >= 15 is 0 Å². The molecule has 1 N–H and O–H groups in total. The van der Waals surface area contributed by atoms with Crippen molar-refractivity contribution in [3.63, 3.8) is 0 Å². The van der Waals surface area contributed by atoms with Gasteiger partial charge in [0.05, 0.1) is 13.0 Å². The van der Waals surface area contributed by atoms with Crippen molar-refractivity contribution in [1.82, 2.24) is 19.9 Å². The Bertz CT molecular complexity index is 826. The predicted octanol–water partition coefficient (Wildman–Crippen LogP) is 2.67. The van der Waals surface area contributed by atoms with Gasteiger partial charge in [0, 0.05) is 6.20 Å². The van der Waals surface area contributed by atoms with Crippen LogP contribution in [0.1, 0.15) is 17.0 Å². The van der Waals surface area contributed by atoms with E-state index in [4.69, 9.17) is 0 Å². The van der Waals surface area contributed by atoms with E-state index in [1.165, 1.54) is 28.0 Å². The molecule has 3 rings (SSSR count). The Morgan fingerprint density at radius 1 is 1.30 bits per heavy atom. The molecular weight excluding hydrogens is 329 g/mol. The quantitative estimate of drug-likeness (QED) is 0.794. The number of carbonyl (C=O) groups is 1. The second kappa shape index (κ2) is 5.99. The maximum atomic E-state index is 12.9. The second-order valence-electron chi connectivity index (χ2n) is 4.81. The lowest BCUT2D eigenvalue weighted by Crippen LogP contribution is -2.25. The van der Waals surface area contributed by atoms with Gasteiger partial charge in [-0.2, -0.15) is 24.5 Å². The Morgan fingerprint density at radius 2 is 2.13 bits per heavy atom. The van der Waals surface area contributed by atoms with Crippen molar-refractivity contribution >= 4 is 22.9 Å². The number of nitrogens with one attached hydrogen (secondary N) is 1. The molecule has 3 heterocycles. The third-order valence-corrected chi connectivity index (χ3v) is 3.93. The standard InChI is InChI=1S/C14H11F3N4OS/c15-14(16,17)10-2-1-4-21-11(19-20-13(10)21)7-18-12(22)6-9-3-5-23-8-9/h1-5,8H,6-7H2,(H,18,22). The molecule has 3 aromatic rings. The topological polar surface area (TPSA) is 59.3 Å². The van der Waals surface area contributed by atoms with E-state index in [-0.39, 0.29) is 30.3 Å². The van der Waals surface area contributed by atoms with Crippen LogP contribution in [-0.4, -0.2) is 20.5 Å². The lowest BCUT2D eigenvalue weighted by Gasteiger charge is -2.08. The van der Waals surface area contributed by atoms with Crippen molar-refractivity contribution in [2.24, 2.45) is 0 Å². The summed E-state index contributed by atoms with van der Waals surface area (Å²) in [6, 6.07) is 4.06. The number of thiophene rings is 1. The Balaban J connectivity index is 1.75. The summed E-state index contributed by atoms with van der Waals surface area (Å²) in [6.07, 6.45) is -2.85. The zero-order valence-electron chi connectivity index (χ0n) is 11.7. The summed E-state index contributed by atoms with van der Waals surface area (Å²) >= 11 is 1.49. The van der Waals surface area contributed by atoms with E-state index in [2.05, 4.69) is 15.5 Å². The first-order chi connectivity index (χ1) is 10.9. The van der Waals surface area contributed by atoms with Crippen molar-refractivity contribution in [2.75, 3.05) is 0 Å². The molecule has 0 fully saturated rings. The lowest BCUT2D eigenvalue weighted by molar-refractivity contribution is -0.136. The van der Waals surface area contributed by atoms with Crippen LogP contribution < -0.4 is 5.32 Å². The van der Waals surface area contributed by atoms with Crippen molar-refractivity contribution < 1.29 is 18.0 Å².